The molecule has 0 aliphatic rings. The van der Waals surface area contributed by atoms with Crippen molar-refractivity contribution in [3.63, 3.8) is 0 Å². The zero-order valence-corrected chi connectivity index (χ0v) is 10.1. The van der Waals surface area contributed by atoms with E-state index in [1.54, 1.807) is 7.11 Å². The molecule has 15 heavy (non-hydrogen) atoms. The Labute approximate surface area is 96.7 Å². The average Bonchev–Trinajstić information content (AvgIpc) is 2.15. The van der Waals surface area contributed by atoms with Crippen molar-refractivity contribution >= 4 is 18.1 Å². The molecule has 0 spiro atoms. The maximum absolute atomic E-state index is 9.09. The molecule has 0 fully saturated rings. The lowest BCUT2D eigenvalue weighted by Gasteiger charge is -2.16. The molecule has 0 saturated carbocycles. The van der Waals surface area contributed by atoms with E-state index in [0.29, 0.717) is 11.4 Å². The monoisotopic (exact) mass is 231 g/mol. The number of hydrogen-bond acceptors (Lipinski definition) is 3. The molecular formula is C11H18ClNO2. The van der Waals surface area contributed by atoms with E-state index >= 15 is 0 Å². The lowest BCUT2D eigenvalue weighted by atomic mass is 9.98. The molecule has 0 heterocycles. The highest BCUT2D eigenvalue weighted by Crippen LogP contribution is 2.32. The normalized spacial score (nSPS) is 11.7. The lowest BCUT2D eigenvalue weighted by molar-refractivity contribution is 0.270. The Bertz CT molecular complexity index is 329. The van der Waals surface area contributed by atoms with Gasteiger partial charge in [0, 0.05) is 18.1 Å². The van der Waals surface area contributed by atoms with Gasteiger partial charge in [-0.2, -0.15) is 0 Å². The van der Waals surface area contributed by atoms with Crippen molar-refractivity contribution in [2.24, 2.45) is 0 Å². The summed E-state index contributed by atoms with van der Waals surface area (Å²) in [7, 11) is 1.59. The van der Waals surface area contributed by atoms with Gasteiger partial charge in [-0.1, -0.05) is 13.0 Å². The fourth-order valence-electron chi connectivity index (χ4n) is 1.53. The van der Waals surface area contributed by atoms with E-state index in [2.05, 4.69) is 0 Å². The van der Waals surface area contributed by atoms with Gasteiger partial charge < -0.3 is 15.6 Å². The molecule has 3 N–H and O–H groups in total. The zero-order chi connectivity index (χ0) is 10.7. The second-order valence-corrected chi connectivity index (χ2v) is 3.56. The van der Waals surface area contributed by atoms with Gasteiger partial charge in [-0.15, -0.1) is 12.4 Å². The summed E-state index contributed by atoms with van der Waals surface area (Å²) in [5.41, 5.74) is 8.49. The topological polar surface area (TPSA) is 55.5 Å². The molecule has 4 heteroatoms. The van der Waals surface area contributed by atoms with Crippen LogP contribution in [-0.2, 0) is 0 Å². The fraction of sp³-hybridized carbons (Fsp3) is 0.455. The number of benzene rings is 1. The van der Waals surface area contributed by atoms with E-state index in [-0.39, 0.29) is 24.9 Å². The summed E-state index contributed by atoms with van der Waals surface area (Å²) < 4.78 is 5.22. The van der Waals surface area contributed by atoms with Gasteiger partial charge in [0.25, 0.3) is 0 Å². The highest BCUT2D eigenvalue weighted by atomic mass is 35.5. The molecule has 3 nitrogen and oxygen atoms in total. The molecule has 1 aromatic carbocycles. The van der Waals surface area contributed by atoms with E-state index in [0.717, 1.165) is 11.1 Å². The first-order valence-corrected chi connectivity index (χ1v) is 4.65. The first-order valence-electron chi connectivity index (χ1n) is 4.65. The summed E-state index contributed by atoms with van der Waals surface area (Å²) in [6.45, 7) is 4.01. The van der Waals surface area contributed by atoms with Crippen molar-refractivity contribution in [1.82, 2.24) is 0 Å². The van der Waals surface area contributed by atoms with Crippen LogP contribution in [0.3, 0.4) is 0 Å². The van der Waals surface area contributed by atoms with Gasteiger partial charge >= 0.3 is 0 Å². The average molecular weight is 232 g/mol. The van der Waals surface area contributed by atoms with Crippen molar-refractivity contribution in [2.75, 3.05) is 19.5 Å². The van der Waals surface area contributed by atoms with Crippen molar-refractivity contribution in [3.8, 4) is 5.75 Å². The molecule has 0 saturated heterocycles. The van der Waals surface area contributed by atoms with Crippen molar-refractivity contribution < 1.29 is 9.84 Å². The summed E-state index contributed by atoms with van der Waals surface area (Å²) in [6.07, 6.45) is 0. The largest absolute Gasteiger partial charge is 0.494 e. The van der Waals surface area contributed by atoms with Crippen LogP contribution in [0.1, 0.15) is 24.0 Å². The quantitative estimate of drug-likeness (QED) is 0.784. The van der Waals surface area contributed by atoms with Crippen LogP contribution in [0, 0.1) is 6.92 Å². The van der Waals surface area contributed by atoms with Crippen LogP contribution in [0.4, 0.5) is 5.69 Å². The molecular weight excluding hydrogens is 214 g/mol. The summed E-state index contributed by atoms with van der Waals surface area (Å²) >= 11 is 0. The Hall–Kier alpha value is -0.930. The third-order valence-corrected chi connectivity index (χ3v) is 2.30. The number of aliphatic hydroxyl groups is 1. The number of methoxy groups -OCH3 is 1. The predicted octanol–water partition coefficient (Wildman–Crippen LogP) is 2.10. The van der Waals surface area contributed by atoms with Gasteiger partial charge in [-0.05, 0) is 18.6 Å². The first-order chi connectivity index (χ1) is 6.60. The fourth-order valence-corrected chi connectivity index (χ4v) is 1.53. The predicted molar refractivity (Wildman–Crippen MR) is 64.9 cm³/mol. The Balaban J connectivity index is 0.00000196. The minimum Gasteiger partial charge on any atom is -0.494 e. The van der Waals surface area contributed by atoms with E-state index in [4.69, 9.17) is 15.6 Å². The second kappa shape index (κ2) is 5.83. The molecule has 0 radical (unpaired) electrons. The van der Waals surface area contributed by atoms with Gasteiger partial charge in [0.05, 0.1) is 12.8 Å². The van der Waals surface area contributed by atoms with Crippen LogP contribution in [0.5, 0.6) is 5.75 Å². The van der Waals surface area contributed by atoms with E-state index < -0.39 is 0 Å². The number of hydrogen-bond donors (Lipinski definition) is 2. The number of nitrogen functional groups attached to an aromatic ring is 1. The lowest BCUT2D eigenvalue weighted by Crippen LogP contribution is -2.04. The Kier molecular flexibility index (Phi) is 5.47. The zero-order valence-electron chi connectivity index (χ0n) is 9.28. The SMILES string of the molecule is COc1c(N)cc(C)cc1C(C)CO.Cl. The maximum Gasteiger partial charge on any atom is 0.145 e. The Morgan fingerprint density at radius 1 is 1.47 bits per heavy atom. The van der Waals surface area contributed by atoms with Crippen LogP contribution in [0.15, 0.2) is 12.1 Å². The minimum atomic E-state index is 0. The van der Waals surface area contributed by atoms with Crippen molar-refractivity contribution in [1.29, 1.82) is 0 Å². The highest BCUT2D eigenvalue weighted by Gasteiger charge is 2.13. The molecule has 1 aromatic rings. The van der Waals surface area contributed by atoms with Crippen molar-refractivity contribution in [3.05, 3.63) is 23.3 Å². The summed E-state index contributed by atoms with van der Waals surface area (Å²) in [6, 6.07) is 3.86. The Morgan fingerprint density at radius 3 is 2.53 bits per heavy atom. The number of rotatable bonds is 3. The van der Waals surface area contributed by atoms with Gasteiger partial charge in [0.2, 0.25) is 0 Å². The number of ether oxygens (including phenoxy) is 1. The Morgan fingerprint density at radius 2 is 2.07 bits per heavy atom. The minimum absolute atomic E-state index is 0. The molecule has 0 amide bonds. The van der Waals surface area contributed by atoms with Gasteiger partial charge in [-0.25, -0.2) is 0 Å². The molecule has 0 aliphatic heterocycles. The van der Waals surface area contributed by atoms with Crippen LogP contribution < -0.4 is 10.5 Å². The number of nitrogens with two attached hydrogens (primary N) is 1. The summed E-state index contributed by atoms with van der Waals surface area (Å²) in [4.78, 5) is 0. The van der Waals surface area contributed by atoms with Gasteiger partial charge in [0.15, 0.2) is 0 Å². The summed E-state index contributed by atoms with van der Waals surface area (Å²) in [5.74, 6) is 0.726. The third-order valence-electron chi connectivity index (χ3n) is 2.30. The molecule has 0 bridgehead atoms. The maximum atomic E-state index is 9.09. The molecule has 1 unspecified atom stereocenters. The van der Waals surface area contributed by atoms with Crippen LogP contribution in [-0.4, -0.2) is 18.8 Å². The van der Waals surface area contributed by atoms with Crippen molar-refractivity contribution in [2.45, 2.75) is 19.8 Å². The van der Waals surface area contributed by atoms with E-state index in [1.165, 1.54) is 0 Å². The molecule has 1 atom stereocenters. The summed E-state index contributed by atoms with van der Waals surface area (Å²) in [5, 5.41) is 9.09. The molecule has 86 valence electrons. The second-order valence-electron chi connectivity index (χ2n) is 3.56. The molecule has 1 rings (SSSR count). The number of aryl methyl sites for hydroxylation is 1. The standard InChI is InChI=1S/C11H17NO2.ClH/c1-7-4-9(8(2)6-13)11(14-3)10(12)5-7;/h4-5,8,13H,6,12H2,1-3H3;1H. The number of anilines is 1. The number of aliphatic hydroxyl groups excluding tert-OH is 1. The number of halogens is 1. The first kappa shape index (κ1) is 14.1. The van der Waals surface area contributed by atoms with E-state index in [1.807, 2.05) is 26.0 Å². The van der Waals surface area contributed by atoms with Crippen LogP contribution in [0.2, 0.25) is 0 Å². The highest BCUT2D eigenvalue weighted by molar-refractivity contribution is 5.85. The van der Waals surface area contributed by atoms with Gasteiger partial charge in [-0.3, -0.25) is 0 Å². The van der Waals surface area contributed by atoms with Crippen LogP contribution >= 0.6 is 12.4 Å². The third kappa shape index (κ3) is 3.01. The smallest absolute Gasteiger partial charge is 0.145 e. The van der Waals surface area contributed by atoms with Gasteiger partial charge in [0.1, 0.15) is 5.75 Å². The molecule has 0 aliphatic carbocycles. The van der Waals surface area contributed by atoms with E-state index in [9.17, 15) is 0 Å². The van der Waals surface area contributed by atoms with Crippen LogP contribution in [0.25, 0.3) is 0 Å². The molecule has 0 aromatic heterocycles.